The topological polar surface area (TPSA) is 103 Å². The number of hydrogen-bond donors (Lipinski definition) is 2. The maximum Gasteiger partial charge on any atom is 0.240 e. The molecule has 1 saturated heterocycles. The summed E-state index contributed by atoms with van der Waals surface area (Å²) in [5.74, 6) is 1.50. The van der Waals surface area contributed by atoms with E-state index in [4.69, 9.17) is 32.9 Å². The molecule has 11 heteroatoms. The minimum absolute atomic E-state index is 0.0264. The monoisotopic (exact) mass is 525 g/mol. The molecule has 1 unspecified atom stereocenters. The van der Waals surface area contributed by atoms with E-state index >= 15 is 0 Å². The number of aromatic nitrogens is 5. The molecule has 186 valence electrons. The quantitative estimate of drug-likeness (QED) is 0.390. The van der Waals surface area contributed by atoms with Crippen LogP contribution in [0.25, 0.3) is 22.4 Å². The molecule has 4 aromatic rings. The standard InChI is InChI=1S/C25H25Cl2N7O2/c1-13(22-16(26)9-28-10-17(22)27)36-14-5-6-18-15(8-14)23(32-31-18)24-29-19-11-34(12-20(19)30-24)25(35)21-4-3-7-33(21)2/h5-6,8-10,13,21H,3-4,7,11-12H2,1-2H3,(H,29,30)(H,31,32)/t13?,21-/m0/s1. The molecule has 36 heavy (non-hydrogen) atoms. The number of imidazole rings is 1. The molecular formula is C25H25Cl2N7O2. The van der Waals surface area contributed by atoms with E-state index in [0.717, 1.165) is 41.7 Å². The van der Waals surface area contributed by atoms with E-state index in [9.17, 15) is 4.79 Å². The van der Waals surface area contributed by atoms with Crippen LogP contribution in [0.1, 0.15) is 42.8 Å². The molecular weight excluding hydrogens is 501 g/mol. The second-order valence-electron chi connectivity index (χ2n) is 9.40. The Morgan fingerprint density at radius 3 is 2.75 bits per heavy atom. The Bertz CT molecular complexity index is 1420. The molecule has 0 aliphatic carbocycles. The van der Waals surface area contributed by atoms with Crippen molar-refractivity contribution < 1.29 is 9.53 Å². The lowest BCUT2D eigenvalue weighted by Gasteiger charge is -2.24. The van der Waals surface area contributed by atoms with E-state index in [-0.39, 0.29) is 18.1 Å². The van der Waals surface area contributed by atoms with Crippen LogP contribution in [-0.2, 0) is 17.9 Å². The first kappa shape index (κ1) is 23.3. The van der Waals surface area contributed by atoms with E-state index in [0.29, 0.717) is 46.0 Å². The van der Waals surface area contributed by atoms with Crippen LogP contribution in [0.3, 0.4) is 0 Å². The van der Waals surface area contributed by atoms with Gasteiger partial charge in [-0.25, -0.2) is 4.98 Å². The second-order valence-corrected chi connectivity index (χ2v) is 10.2. The Morgan fingerprint density at radius 1 is 1.22 bits per heavy atom. The van der Waals surface area contributed by atoms with Gasteiger partial charge in [0, 0.05) is 23.3 Å². The van der Waals surface area contributed by atoms with E-state index < -0.39 is 0 Å². The van der Waals surface area contributed by atoms with Gasteiger partial charge >= 0.3 is 0 Å². The SMILES string of the molecule is CC(Oc1ccc2[nH]nc(-c3nc4c([nH]3)CN(C(=O)[C@@H]3CCCN3C)C4)c2c1)c1c(Cl)cncc1Cl. The van der Waals surface area contributed by atoms with Crippen molar-refractivity contribution in [2.75, 3.05) is 13.6 Å². The number of aromatic amines is 2. The molecule has 3 aromatic heterocycles. The van der Waals surface area contributed by atoms with Crippen LogP contribution in [0.5, 0.6) is 5.75 Å². The highest BCUT2D eigenvalue weighted by molar-refractivity contribution is 6.35. The molecule has 1 fully saturated rings. The Balaban J connectivity index is 1.23. The number of H-pyrrole nitrogens is 2. The summed E-state index contributed by atoms with van der Waals surface area (Å²) in [6, 6.07) is 5.68. The van der Waals surface area contributed by atoms with Gasteiger partial charge in [-0.15, -0.1) is 0 Å². The molecule has 5 heterocycles. The fourth-order valence-corrected chi connectivity index (χ4v) is 5.83. The van der Waals surface area contributed by atoms with Crippen molar-refractivity contribution in [1.29, 1.82) is 0 Å². The lowest BCUT2D eigenvalue weighted by Crippen LogP contribution is -2.42. The molecule has 2 atom stereocenters. The van der Waals surface area contributed by atoms with Gasteiger partial charge in [-0.05, 0) is 51.6 Å². The summed E-state index contributed by atoms with van der Waals surface area (Å²) in [7, 11) is 2.02. The number of amides is 1. The molecule has 0 radical (unpaired) electrons. The van der Waals surface area contributed by atoms with Crippen LogP contribution in [-0.4, -0.2) is 60.5 Å². The molecule has 1 amide bonds. The minimum atomic E-state index is -0.379. The highest BCUT2D eigenvalue weighted by Crippen LogP contribution is 2.35. The number of benzene rings is 1. The summed E-state index contributed by atoms with van der Waals surface area (Å²) in [6.07, 6.45) is 4.71. The number of likely N-dealkylation sites (tertiary alicyclic amines) is 1. The van der Waals surface area contributed by atoms with Gasteiger partial charge in [0.05, 0.1) is 46.1 Å². The number of nitrogens with zero attached hydrogens (tertiary/aromatic N) is 5. The van der Waals surface area contributed by atoms with Crippen LogP contribution >= 0.6 is 23.2 Å². The number of nitrogens with one attached hydrogen (secondary N) is 2. The number of halogens is 2. The molecule has 0 bridgehead atoms. The van der Waals surface area contributed by atoms with Crippen molar-refractivity contribution >= 4 is 40.0 Å². The second kappa shape index (κ2) is 9.06. The van der Waals surface area contributed by atoms with Crippen molar-refractivity contribution in [3.05, 3.63) is 57.6 Å². The van der Waals surface area contributed by atoms with Crippen LogP contribution in [0.4, 0.5) is 0 Å². The molecule has 0 saturated carbocycles. The van der Waals surface area contributed by atoms with E-state index in [2.05, 4.69) is 25.1 Å². The lowest BCUT2D eigenvalue weighted by atomic mass is 10.1. The number of ether oxygens (including phenoxy) is 1. The van der Waals surface area contributed by atoms with Crippen LogP contribution in [0, 0.1) is 0 Å². The van der Waals surface area contributed by atoms with Gasteiger partial charge in [-0.2, -0.15) is 5.10 Å². The first-order valence-corrected chi connectivity index (χ1v) is 12.7. The fourth-order valence-electron chi connectivity index (χ4n) is 5.16. The summed E-state index contributed by atoms with van der Waals surface area (Å²) in [6.45, 7) is 3.90. The van der Waals surface area contributed by atoms with E-state index in [1.165, 1.54) is 0 Å². The number of carbonyl (C=O) groups is 1. The average molecular weight is 526 g/mol. The van der Waals surface area contributed by atoms with Gasteiger partial charge in [0.2, 0.25) is 5.91 Å². The average Bonchev–Trinajstić information content (AvgIpc) is 3.61. The molecule has 2 N–H and O–H groups in total. The Morgan fingerprint density at radius 2 is 2.03 bits per heavy atom. The zero-order valence-electron chi connectivity index (χ0n) is 19.9. The maximum absolute atomic E-state index is 13.0. The number of likely N-dealkylation sites (N-methyl/N-ethyl adjacent to an activating group) is 1. The van der Waals surface area contributed by atoms with E-state index in [1.54, 1.807) is 12.4 Å². The Hall–Kier alpha value is -3.14. The number of pyridine rings is 1. The van der Waals surface area contributed by atoms with Crippen LogP contribution in [0.15, 0.2) is 30.6 Å². The minimum Gasteiger partial charge on any atom is -0.486 e. The molecule has 9 nitrogen and oxygen atoms in total. The third kappa shape index (κ3) is 4.01. The first-order valence-electron chi connectivity index (χ1n) is 11.9. The summed E-state index contributed by atoms with van der Waals surface area (Å²) in [4.78, 5) is 29.2. The smallest absolute Gasteiger partial charge is 0.240 e. The molecule has 6 rings (SSSR count). The van der Waals surface area contributed by atoms with Crippen molar-refractivity contribution in [3.63, 3.8) is 0 Å². The Labute approximate surface area is 217 Å². The third-order valence-corrected chi connectivity index (χ3v) is 7.64. The van der Waals surface area contributed by atoms with Gasteiger partial charge in [-0.3, -0.25) is 19.8 Å². The summed E-state index contributed by atoms with van der Waals surface area (Å²) >= 11 is 12.6. The summed E-state index contributed by atoms with van der Waals surface area (Å²) in [5, 5.41) is 9.35. The number of hydrogen-bond acceptors (Lipinski definition) is 6. The Kier molecular flexibility index (Phi) is 5.86. The van der Waals surface area contributed by atoms with Gasteiger partial charge in [0.1, 0.15) is 17.5 Å². The van der Waals surface area contributed by atoms with Crippen molar-refractivity contribution in [2.45, 2.75) is 45.0 Å². The van der Waals surface area contributed by atoms with Crippen molar-refractivity contribution in [3.8, 4) is 17.3 Å². The van der Waals surface area contributed by atoms with Crippen molar-refractivity contribution in [2.24, 2.45) is 0 Å². The predicted octanol–water partition coefficient (Wildman–Crippen LogP) is 4.73. The van der Waals surface area contributed by atoms with Gasteiger partial charge in [0.25, 0.3) is 0 Å². The normalized spacial score (nSPS) is 18.7. The number of fused-ring (bicyclic) bond motifs is 2. The zero-order valence-corrected chi connectivity index (χ0v) is 21.4. The highest BCUT2D eigenvalue weighted by atomic mass is 35.5. The van der Waals surface area contributed by atoms with E-state index in [1.807, 2.05) is 37.1 Å². The number of rotatable bonds is 5. The first-order chi connectivity index (χ1) is 17.4. The molecule has 0 spiro atoms. The third-order valence-electron chi connectivity index (χ3n) is 7.04. The summed E-state index contributed by atoms with van der Waals surface area (Å²) in [5.41, 5.74) is 4.09. The predicted molar refractivity (Wildman–Crippen MR) is 137 cm³/mol. The number of carbonyl (C=O) groups excluding carboxylic acids is 1. The maximum atomic E-state index is 13.0. The van der Waals surface area contributed by atoms with Crippen molar-refractivity contribution in [1.82, 2.24) is 34.9 Å². The molecule has 1 aromatic carbocycles. The largest absolute Gasteiger partial charge is 0.486 e. The van der Waals surface area contributed by atoms with Crippen LogP contribution < -0.4 is 4.74 Å². The van der Waals surface area contributed by atoms with Gasteiger partial charge in [0.15, 0.2) is 5.82 Å². The van der Waals surface area contributed by atoms with Crippen LogP contribution in [0.2, 0.25) is 10.0 Å². The van der Waals surface area contributed by atoms with Gasteiger partial charge < -0.3 is 14.6 Å². The fraction of sp³-hybridized carbons (Fsp3) is 0.360. The summed E-state index contributed by atoms with van der Waals surface area (Å²) < 4.78 is 6.17. The molecule has 2 aliphatic rings. The highest BCUT2D eigenvalue weighted by Gasteiger charge is 2.35. The molecule has 2 aliphatic heterocycles. The lowest BCUT2D eigenvalue weighted by molar-refractivity contribution is -0.136. The van der Waals surface area contributed by atoms with Gasteiger partial charge in [-0.1, -0.05) is 23.2 Å². The zero-order chi connectivity index (χ0) is 25.0.